The largest absolute Gasteiger partial charge is 0.507 e. The number of nitrogens with zero attached hydrogens (tertiary/aromatic N) is 3. The zero-order valence-electron chi connectivity index (χ0n) is 77.2. The third-order valence-electron chi connectivity index (χ3n) is 25.3. The van der Waals surface area contributed by atoms with Gasteiger partial charge in [-0.25, -0.2) is 0 Å². The number of amides is 6. The number of ketones is 2. The number of phenols is 2. The van der Waals surface area contributed by atoms with Crippen LogP contribution in [0.1, 0.15) is 163 Å². The van der Waals surface area contributed by atoms with Crippen LogP contribution >= 0.6 is 0 Å². The molecule has 730 valence electrons. The lowest BCUT2D eigenvalue weighted by Gasteiger charge is -2.45. The van der Waals surface area contributed by atoms with Crippen LogP contribution in [0.5, 0.6) is 17.2 Å². The van der Waals surface area contributed by atoms with E-state index in [1.807, 2.05) is 58.3 Å². The number of benzene rings is 4. The van der Waals surface area contributed by atoms with Crippen molar-refractivity contribution in [2.75, 3.05) is 224 Å². The number of fused-ring (bicyclic) bond motifs is 6. The summed E-state index contributed by atoms with van der Waals surface area (Å²) in [6, 6.07) is 18.7. The molecule has 36 nitrogen and oxygen atoms in total. The Balaban J connectivity index is 0.621. The quantitative estimate of drug-likeness (QED) is 0.0173. The zero-order valence-corrected chi connectivity index (χ0v) is 77.2. The first-order valence-corrected chi connectivity index (χ1v) is 46.5. The summed E-state index contributed by atoms with van der Waals surface area (Å²) in [5, 5.41) is 48.6. The van der Waals surface area contributed by atoms with Gasteiger partial charge in [0.15, 0.2) is 24.6 Å². The number of aromatic hydroxyl groups is 2. The molecule has 5 fully saturated rings. The predicted octanol–water partition coefficient (Wildman–Crippen LogP) is 6.00. The van der Waals surface area contributed by atoms with E-state index >= 15 is 0 Å². The Morgan fingerprint density at radius 1 is 0.621 bits per heavy atom. The van der Waals surface area contributed by atoms with Crippen molar-refractivity contribution >= 4 is 58.8 Å². The second-order valence-electron chi connectivity index (χ2n) is 33.8. The van der Waals surface area contributed by atoms with E-state index in [1.54, 1.807) is 20.1 Å². The molecular weight excluding hydrogens is 1720 g/mol. The molecule has 36 heteroatoms. The Labute approximate surface area is 772 Å². The van der Waals surface area contributed by atoms with Crippen LogP contribution in [0.3, 0.4) is 0 Å². The lowest BCUT2D eigenvalue weighted by Crippen LogP contribution is -2.56. The van der Waals surface area contributed by atoms with Crippen LogP contribution in [-0.4, -0.2) is 340 Å². The van der Waals surface area contributed by atoms with Crippen molar-refractivity contribution < 1.29 is 139 Å². The maximum absolute atomic E-state index is 14.7. The maximum atomic E-state index is 14.7. The first-order chi connectivity index (χ1) is 64.2. The number of morpholine rings is 1. The molecule has 0 radical (unpaired) electrons. The molecule has 4 heterocycles. The highest BCUT2D eigenvalue weighted by Crippen LogP contribution is 2.54. The fourth-order valence-corrected chi connectivity index (χ4v) is 18.1. The SMILES string of the molecule is C=Cc1ccccc1CN(C(=O)CCCCC(=O)N1CCC2(CCC(C(=O)NC(CNC(=O)CCOCCOCCOCCOCCOCCOCCOCCOCCOCCOCCOCCOC)C(=O)NCCNC(=O)C3(O)Cc4c(O)c5c(c(O)c4C(OC4CC6C(OC7C(OC)OCCN67)C(C)O4)C3)C(=O)c3c(OC)cccc3C5=O)CC2)CC1)c1ccccc1CC. The highest BCUT2D eigenvalue weighted by atomic mass is 16.7. The van der Waals surface area contributed by atoms with Crippen molar-refractivity contribution in [3.63, 3.8) is 0 Å². The highest BCUT2D eigenvalue weighted by Gasteiger charge is 2.56. The first kappa shape index (κ1) is 104. The molecule has 1 spiro atoms. The number of para-hydroxylation sites is 1. The number of rotatable bonds is 59. The summed E-state index contributed by atoms with van der Waals surface area (Å²) in [6.45, 7) is 18.6. The Bertz CT molecular complexity index is 4350. The van der Waals surface area contributed by atoms with Crippen molar-refractivity contribution in [3.8, 4) is 17.2 Å². The predicted molar refractivity (Wildman–Crippen MR) is 480 cm³/mol. The minimum atomic E-state index is -2.45. The van der Waals surface area contributed by atoms with Gasteiger partial charge in [0.25, 0.3) is 5.91 Å². The Kier molecular flexibility index (Phi) is 42.7. The van der Waals surface area contributed by atoms with Gasteiger partial charge in [-0.3, -0.25) is 43.3 Å². The van der Waals surface area contributed by atoms with E-state index in [2.05, 4.69) is 39.7 Å². The number of hydrogen-bond donors (Lipinski definition) is 7. The Morgan fingerprint density at radius 3 is 1.77 bits per heavy atom. The van der Waals surface area contributed by atoms with Crippen molar-refractivity contribution in [1.29, 1.82) is 0 Å². The summed E-state index contributed by atoms with van der Waals surface area (Å²) in [4.78, 5) is 120. The molecule has 3 aliphatic carbocycles. The topological polar surface area (TPSA) is 421 Å². The monoisotopic (exact) mass is 1850 g/mol. The third-order valence-corrected chi connectivity index (χ3v) is 25.3. The molecule has 7 N–H and O–H groups in total. The van der Waals surface area contributed by atoms with Crippen LogP contribution in [0.4, 0.5) is 5.69 Å². The third kappa shape index (κ3) is 29.2. The molecule has 11 rings (SSSR count). The van der Waals surface area contributed by atoms with E-state index in [-0.39, 0.29) is 116 Å². The second kappa shape index (κ2) is 54.2. The van der Waals surface area contributed by atoms with Crippen LogP contribution in [0, 0.1) is 11.3 Å². The number of likely N-dealkylation sites (tertiary alicyclic amines) is 1. The van der Waals surface area contributed by atoms with Gasteiger partial charge in [0.05, 0.1) is 201 Å². The molecule has 4 aliphatic heterocycles. The molecule has 4 saturated heterocycles. The number of hydrogen-bond acceptors (Lipinski definition) is 30. The van der Waals surface area contributed by atoms with Gasteiger partial charge in [-0.2, -0.15) is 0 Å². The minimum absolute atomic E-state index is 0.0116. The summed E-state index contributed by atoms with van der Waals surface area (Å²) in [7, 11) is 4.48. The van der Waals surface area contributed by atoms with Crippen molar-refractivity contribution in [3.05, 3.63) is 123 Å². The van der Waals surface area contributed by atoms with Crippen LogP contribution in [0.15, 0.2) is 73.3 Å². The van der Waals surface area contributed by atoms with E-state index in [0.29, 0.717) is 210 Å². The van der Waals surface area contributed by atoms with Crippen molar-refractivity contribution in [2.45, 2.75) is 172 Å². The average Bonchev–Trinajstić information content (AvgIpc) is 0.943. The summed E-state index contributed by atoms with van der Waals surface area (Å²) in [5.41, 5.74) is -0.288. The lowest BCUT2D eigenvalue weighted by atomic mass is 9.65. The smallest absolute Gasteiger partial charge is 0.252 e. The van der Waals surface area contributed by atoms with Gasteiger partial charge in [-0.1, -0.05) is 74.2 Å². The number of carbonyl (C=O) groups is 8. The number of piperidine rings is 1. The van der Waals surface area contributed by atoms with Gasteiger partial charge in [0, 0.05) is 126 Å². The summed E-state index contributed by atoms with van der Waals surface area (Å²) < 4.78 is 102. The van der Waals surface area contributed by atoms with Gasteiger partial charge in [0.2, 0.25) is 35.3 Å². The Hall–Kier alpha value is -8.58. The number of methoxy groups -OCH3 is 3. The number of aryl methyl sites for hydroxylation is 1. The van der Waals surface area contributed by atoms with Gasteiger partial charge in [-0.05, 0) is 98.9 Å². The molecule has 132 heavy (non-hydrogen) atoms. The number of anilines is 1. The normalized spacial score (nSPS) is 21.2. The zero-order chi connectivity index (χ0) is 93.6. The van der Waals surface area contributed by atoms with Crippen molar-refractivity contribution in [1.82, 2.24) is 31.1 Å². The van der Waals surface area contributed by atoms with Crippen LogP contribution in [0.25, 0.3) is 6.08 Å². The van der Waals surface area contributed by atoms with E-state index in [4.69, 9.17) is 85.3 Å². The second-order valence-corrected chi connectivity index (χ2v) is 33.8. The average molecular weight is 1850 g/mol. The molecule has 9 unspecified atom stereocenters. The molecule has 0 bridgehead atoms. The summed E-state index contributed by atoms with van der Waals surface area (Å²) in [5.74, 6) is -6.00. The fraction of sp³-hybridized carbons (Fsp3) is 0.646. The maximum Gasteiger partial charge on any atom is 0.252 e. The van der Waals surface area contributed by atoms with Crippen LogP contribution < -0.4 is 30.9 Å². The van der Waals surface area contributed by atoms with Crippen molar-refractivity contribution in [2.24, 2.45) is 11.3 Å². The van der Waals surface area contributed by atoms with Crippen LogP contribution in [-0.2, 0) is 129 Å². The molecule has 6 amide bonds. The molecule has 0 aromatic heterocycles. The number of carbonyl (C=O) groups excluding carboxylic acids is 8. The summed E-state index contributed by atoms with van der Waals surface area (Å²) >= 11 is 0. The molecule has 4 aromatic carbocycles. The number of phenolic OH excluding ortho intramolecular Hbond substituents is 2. The standard InChI is InChI=1S/C96H137N7O29/c1-7-66-16-9-10-18-69(66)64-103(73-20-12-11-17-67(73)8-2)79(106)23-14-13-22-78(105)101-33-29-95(30-34-101)27-24-68(25-28-95)90(111)100-72(63-99-77(104)26-36-118-40-41-120-44-45-122-48-49-124-52-53-126-56-57-128-59-58-127-55-54-125-51-50-123-47-46-121-43-42-119-39-38-115-4)91(112)97-31-32-98-94(113)96(114)61-71-82(88(110)84-83(86(71)108)85(107)70-19-15-21-75(116-5)81(70)87(84)109)76(62-96)131-80-60-74-89(65(3)130-80)132-92-93(117-6)129-37-35-102(74)92/h7,9-12,15-21,65,68,72,74,76,80,89,92-93,108,110,114H,1,8,13-14,22-64H2,2-6H3,(H,97,112)(H,98,113)(H,99,104)(H,100,111). The van der Waals surface area contributed by atoms with Crippen LogP contribution in [0.2, 0.25) is 0 Å². The van der Waals surface area contributed by atoms with Gasteiger partial charge in [0.1, 0.15) is 35.0 Å². The fourth-order valence-electron chi connectivity index (χ4n) is 18.1. The van der Waals surface area contributed by atoms with Gasteiger partial charge < -0.3 is 132 Å². The highest BCUT2D eigenvalue weighted by molar-refractivity contribution is 6.31. The summed E-state index contributed by atoms with van der Waals surface area (Å²) in [6.07, 6.45) is 2.29. The first-order valence-electron chi connectivity index (χ1n) is 46.5. The van der Waals surface area contributed by atoms with Gasteiger partial charge >= 0.3 is 0 Å². The number of aliphatic hydroxyl groups is 1. The number of ether oxygens (including phenoxy) is 18. The van der Waals surface area contributed by atoms with E-state index < -0.39 is 119 Å². The van der Waals surface area contributed by atoms with E-state index in [0.717, 1.165) is 41.6 Å². The number of unbranched alkanes of at least 4 members (excludes halogenated alkanes) is 1. The number of nitrogens with one attached hydrogen (secondary N) is 4. The van der Waals surface area contributed by atoms with Gasteiger partial charge in [-0.15, -0.1) is 0 Å². The molecule has 9 atom stereocenters. The molecule has 1 saturated carbocycles. The Morgan fingerprint density at radius 2 is 1.18 bits per heavy atom. The molecule has 4 aromatic rings. The van der Waals surface area contributed by atoms with E-state index in [9.17, 15) is 53.7 Å². The lowest BCUT2D eigenvalue weighted by molar-refractivity contribution is -0.256. The minimum Gasteiger partial charge on any atom is -0.507 e. The molecular formula is C96H137N7O29. The van der Waals surface area contributed by atoms with E-state index in [1.165, 1.54) is 32.4 Å². The molecule has 7 aliphatic rings.